The Hall–Kier alpha value is -0.150. The smallest absolute Gasteiger partial charge is 0.114 e. The molecule has 0 radical (unpaired) electrons. The SMILES string of the molecule is COC[C@H]1C[C@@H](F)CN1C. The van der Waals surface area contributed by atoms with Gasteiger partial charge in [-0.05, 0) is 13.5 Å². The first-order chi connectivity index (χ1) is 4.74. The Morgan fingerprint density at radius 3 is 2.80 bits per heavy atom. The number of likely N-dealkylation sites (N-methyl/N-ethyl adjacent to an activating group) is 1. The van der Waals surface area contributed by atoms with Gasteiger partial charge in [-0.3, -0.25) is 4.90 Å². The molecule has 0 bridgehead atoms. The maximum Gasteiger partial charge on any atom is 0.114 e. The van der Waals surface area contributed by atoms with Crippen molar-refractivity contribution in [1.29, 1.82) is 0 Å². The lowest BCUT2D eigenvalue weighted by Gasteiger charge is -2.16. The average Bonchev–Trinajstić information content (AvgIpc) is 2.13. The highest BCUT2D eigenvalue weighted by Crippen LogP contribution is 2.17. The molecule has 0 aromatic heterocycles. The van der Waals surface area contributed by atoms with E-state index < -0.39 is 6.17 Å². The maximum atomic E-state index is 12.7. The molecular weight excluding hydrogens is 133 g/mol. The lowest BCUT2D eigenvalue weighted by Crippen LogP contribution is -2.28. The van der Waals surface area contributed by atoms with Gasteiger partial charge in [-0.2, -0.15) is 0 Å². The van der Waals surface area contributed by atoms with E-state index in [1.807, 2.05) is 11.9 Å². The highest BCUT2D eigenvalue weighted by Gasteiger charge is 2.28. The number of ether oxygens (including phenoxy) is 1. The summed E-state index contributed by atoms with van der Waals surface area (Å²) < 4.78 is 17.6. The molecule has 3 heteroatoms. The summed E-state index contributed by atoms with van der Waals surface area (Å²) in [5.74, 6) is 0. The summed E-state index contributed by atoms with van der Waals surface area (Å²) in [6.45, 7) is 1.21. The summed E-state index contributed by atoms with van der Waals surface area (Å²) in [4.78, 5) is 2.01. The van der Waals surface area contributed by atoms with E-state index in [-0.39, 0.29) is 0 Å². The van der Waals surface area contributed by atoms with E-state index in [4.69, 9.17) is 4.74 Å². The minimum atomic E-state index is -0.648. The molecule has 0 spiro atoms. The molecule has 2 nitrogen and oxygen atoms in total. The van der Waals surface area contributed by atoms with Gasteiger partial charge < -0.3 is 4.74 Å². The van der Waals surface area contributed by atoms with Crippen LogP contribution in [-0.4, -0.2) is 44.4 Å². The predicted molar refractivity (Wildman–Crippen MR) is 37.8 cm³/mol. The van der Waals surface area contributed by atoms with Gasteiger partial charge in [-0.15, -0.1) is 0 Å². The topological polar surface area (TPSA) is 12.5 Å². The van der Waals surface area contributed by atoms with Gasteiger partial charge in [-0.1, -0.05) is 0 Å². The fourth-order valence-electron chi connectivity index (χ4n) is 1.40. The Morgan fingerprint density at radius 1 is 1.70 bits per heavy atom. The first-order valence-electron chi connectivity index (χ1n) is 3.57. The molecule has 0 amide bonds. The van der Waals surface area contributed by atoms with E-state index >= 15 is 0 Å². The fraction of sp³-hybridized carbons (Fsp3) is 1.00. The van der Waals surface area contributed by atoms with Gasteiger partial charge >= 0.3 is 0 Å². The van der Waals surface area contributed by atoms with Crippen LogP contribution in [0.2, 0.25) is 0 Å². The summed E-state index contributed by atoms with van der Waals surface area (Å²) in [5, 5.41) is 0. The molecule has 1 saturated heterocycles. The van der Waals surface area contributed by atoms with Gasteiger partial charge in [-0.25, -0.2) is 4.39 Å². The Bertz CT molecular complexity index is 110. The molecule has 0 saturated carbocycles. The quantitative estimate of drug-likeness (QED) is 0.569. The highest BCUT2D eigenvalue weighted by molar-refractivity contribution is 4.82. The van der Waals surface area contributed by atoms with Gasteiger partial charge in [0.2, 0.25) is 0 Å². The number of methoxy groups -OCH3 is 1. The Kier molecular flexibility index (Phi) is 2.63. The van der Waals surface area contributed by atoms with Crippen LogP contribution in [0.1, 0.15) is 6.42 Å². The molecule has 60 valence electrons. The molecule has 1 rings (SSSR count). The van der Waals surface area contributed by atoms with Crippen molar-refractivity contribution in [3.05, 3.63) is 0 Å². The molecule has 2 atom stereocenters. The molecule has 1 aliphatic rings. The second-order valence-electron chi connectivity index (χ2n) is 2.88. The number of alkyl halides is 1. The van der Waals surface area contributed by atoms with Crippen LogP contribution in [0.3, 0.4) is 0 Å². The molecule has 1 fully saturated rings. The summed E-state index contributed by atoms with van der Waals surface area (Å²) >= 11 is 0. The highest BCUT2D eigenvalue weighted by atomic mass is 19.1. The summed E-state index contributed by atoms with van der Waals surface area (Å²) in [6.07, 6.45) is -0.0187. The van der Waals surface area contributed by atoms with Gasteiger partial charge in [0.15, 0.2) is 0 Å². The Balaban J connectivity index is 2.31. The second kappa shape index (κ2) is 3.30. The van der Waals surface area contributed by atoms with E-state index in [0.29, 0.717) is 25.6 Å². The first kappa shape index (κ1) is 7.95. The van der Waals surface area contributed by atoms with Crippen LogP contribution in [0, 0.1) is 0 Å². The van der Waals surface area contributed by atoms with Crippen molar-refractivity contribution in [3.8, 4) is 0 Å². The maximum absolute atomic E-state index is 12.7. The molecule has 1 heterocycles. The number of likely N-dealkylation sites (tertiary alicyclic amines) is 1. The van der Waals surface area contributed by atoms with Crippen molar-refractivity contribution in [1.82, 2.24) is 4.90 Å². The van der Waals surface area contributed by atoms with Crippen LogP contribution in [0.25, 0.3) is 0 Å². The molecule has 0 aliphatic carbocycles. The lowest BCUT2D eigenvalue weighted by atomic mass is 10.2. The molecule has 0 aromatic rings. The van der Waals surface area contributed by atoms with E-state index in [2.05, 4.69) is 0 Å². The number of rotatable bonds is 2. The van der Waals surface area contributed by atoms with E-state index in [9.17, 15) is 4.39 Å². The van der Waals surface area contributed by atoms with Crippen molar-refractivity contribution in [2.45, 2.75) is 18.6 Å². The third-order valence-corrected chi connectivity index (χ3v) is 2.00. The number of nitrogens with zero attached hydrogens (tertiary/aromatic N) is 1. The molecule has 0 aromatic carbocycles. The molecule has 0 N–H and O–H groups in total. The Morgan fingerprint density at radius 2 is 2.40 bits per heavy atom. The first-order valence-corrected chi connectivity index (χ1v) is 3.57. The number of hydrogen-bond acceptors (Lipinski definition) is 2. The minimum Gasteiger partial charge on any atom is -0.383 e. The predicted octanol–water partition coefficient (Wildman–Crippen LogP) is 0.675. The van der Waals surface area contributed by atoms with Gasteiger partial charge in [0, 0.05) is 19.7 Å². The fourth-order valence-corrected chi connectivity index (χ4v) is 1.40. The lowest BCUT2D eigenvalue weighted by molar-refractivity contribution is 0.129. The molecular formula is C7H14FNO. The average molecular weight is 147 g/mol. The van der Waals surface area contributed by atoms with Crippen LogP contribution in [0.15, 0.2) is 0 Å². The standard InChI is InChI=1S/C7H14FNO/c1-9-4-6(8)3-7(9)5-10-2/h6-7H,3-5H2,1-2H3/t6-,7-/m1/s1. The van der Waals surface area contributed by atoms with E-state index in [0.717, 1.165) is 0 Å². The zero-order valence-electron chi connectivity index (χ0n) is 6.51. The summed E-state index contributed by atoms with van der Waals surface area (Å²) in [6, 6.07) is 0.292. The third-order valence-electron chi connectivity index (χ3n) is 2.00. The largest absolute Gasteiger partial charge is 0.383 e. The third kappa shape index (κ3) is 1.67. The van der Waals surface area contributed by atoms with Crippen molar-refractivity contribution < 1.29 is 9.13 Å². The number of halogens is 1. The van der Waals surface area contributed by atoms with Crippen molar-refractivity contribution in [2.75, 3.05) is 27.3 Å². The zero-order valence-corrected chi connectivity index (χ0v) is 6.51. The van der Waals surface area contributed by atoms with Gasteiger partial charge in [0.25, 0.3) is 0 Å². The van der Waals surface area contributed by atoms with Crippen molar-refractivity contribution >= 4 is 0 Å². The van der Waals surface area contributed by atoms with Gasteiger partial charge in [0.05, 0.1) is 6.61 Å². The second-order valence-corrected chi connectivity index (χ2v) is 2.88. The van der Waals surface area contributed by atoms with E-state index in [1.165, 1.54) is 0 Å². The monoisotopic (exact) mass is 147 g/mol. The van der Waals surface area contributed by atoms with Crippen LogP contribution < -0.4 is 0 Å². The van der Waals surface area contributed by atoms with Crippen LogP contribution >= 0.6 is 0 Å². The van der Waals surface area contributed by atoms with Gasteiger partial charge in [0.1, 0.15) is 6.17 Å². The van der Waals surface area contributed by atoms with Crippen LogP contribution in [0.4, 0.5) is 4.39 Å². The molecule has 1 aliphatic heterocycles. The van der Waals surface area contributed by atoms with Crippen molar-refractivity contribution in [2.24, 2.45) is 0 Å². The molecule has 0 unspecified atom stereocenters. The Labute approximate surface area is 61.0 Å². The number of hydrogen-bond donors (Lipinski definition) is 0. The van der Waals surface area contributed by atoms with E-state index in [1.54, 1.807) is 7.11 Å². The van der Waals surface area contributed by atoms with Crippen LogP contribution in [-0.2, 0) is 4.74 Å². The normalized spacial score (nSPS) is 35.1. The zero-order chi connectivity index (χ0) is 7.56. The van der Waals surface area contributed by atoms with Crippen LogP contribution in [0.5, 0.6) is 0 Å². The van der Waals surface area contributed by atoms with Crippen molar-refractivity contribution in [3.63, 3.8) is 0 Å². The summed E-state index contributed by atoms with van der Waals surface area (Å²) in [7, 11) is 3.59. The summed E-state index contributed by atoms with van der Waals surface area (Å²) in [5.41, 5.74) is 0. The minimum absolute atomic E-state index is 0.292. The molecule has 10 heavy (non-hydrogen) atoms.